The first kappa shape index (κ1) is 20.9. The summed E-state index contributed by atoms with van der Waals surface area (Å²) in [5, 5.41) is 15.0. The summed E-state index contributed by atoms with van der Waals surface area (Å²) in [6.45, 7) is -0.351. The molecule has 148 valence electrons. The molecule has 1 aromatic carbocycles. The Labute approximate surface area is 159 Å². The molecule has 1 aliphatic rings. The molecule has 0 radical (unpaired) electrons. The number of rotatable bonds is 9. The number of nitrogens with one attached hydrogen (secondary N) is 2. The van der Waals surface area contributed by atoms with Gasteiger partial charge >= 0.3 is 0 Å². The number of nitrogens with two attached hydrogens (primary N) is 1. The van der Waals surface area contributed by atoms with E-state index in [1.807, 2.05) is 6.07 Å². The fourth-order valence-electron chi connectivity index (χ4n) is 2.74. The van der Waals surface area contributed by atoms with Crippen molar-refractivity contribution < 1.29 is 19.5 Å². The van der Waals surface area contributed by atoms with Crippen LogP contribution in [0.5, 0.6) is 0 Å². The van der Waals surface area contributed by atoms with Crippen molar-refractivity contribution in [3.8, 4) is 0 Å². The van der Waals surface area contributed by atoms with Crippen molar-refractivity contribution in [2.75, 3.05) is 20.6 Å². The second kappa shape index (κ2) is 9.48. The van der Waals surface area contributed by atoms with Crippen LogP contribution in [0.4, 0.5) is 0 Å². The zero-order valence-electron chi connectivity index (χ0n) is 15.7. The Kier molecular flexibility index (Phi) is 7.32. The van der Waals surface area contributed by atoms with Crippen LogP contribution < -0.4 is 16.4 Å². The molecular weight excluding hydrogens is 348 g/mol. The molecule has 8 heteroatoms. The van der Waals surface area contributed by atoms with Gasteiger partial charge in [0.25, 0.3) is 5.91 Å². The van der Waals surface area contributed by atoms with Gasteiger partial charge in [0.2, 0.25) is 11.8 Å². The maximum atomic E-state index is 12.4. The topological polar surface area (TPSA) is 125 Å². The Morgan fingerprint density at radius 1 is 1.22 bits per heavy atom. The summed E-state index contributed by atoms with van der Waals surface area (Å²) >= 11 is 0. The summed E-state index contributed by atoms with van der Waals surface area (Å²) in [6, 6.07) is 7.35. The van der Waals surface area contributed by atoms with Crippen LogP contribution in [0.15, 0.2) is 30.3 Å². The highest BCUT2D eigenvalue weighted by Crippen LogP contribution is 2.33. The van der Waals surface area contributed by atoms with Gasteiger partial charge < -0.3 is 26.4 Å². The lowest BCUT2D eigenvalue weighted by Crippen LogP contribution is -2.50. The normalized spacial score (nSPS) is 16.7. The van der Waals surface area contributed by atoms with Crippen molar-refractivity contribution >= 4 is 17.7 Å². The number of amides is 3. The van der Waals surface area contributed by atoms with E-state index in [1.165, 1.54) is 4.90 Å². The van der Waals surface area contributed by atoms with Gasteiger partial charge in [-0.15, -0.1) is 0 Å². The molecule has 1 aliphatic carbocycles. The smallest absolute Gasteiger partial charge is 0.250 e. The molecule has 0 spiro atoms. The Balaban J connectivity index is 1.89. The highest BCUT2D eigenvalue weighted by Gasteiger charge is 2.30. The van der Waals surface area contributed by atoms with Gasteiger partial charge in [-0.1, -0.05) is 43.2 Å². The monoisotopic (exact) mass is 376 g/mol. The van der Waals surface area contributed by atoms with Gasteiger partial charge in [0, 0.05) is 20.1 Å². The van der Waals surface area contributed by atoms with Gasteiger partial charge in [0.05, 0.1) is 6.54 Å². The highest BCUT2D eigenvalue weighted by molar-refractivity contribution is 5.91. The SMILES string of the molecule is CN(C)C(=O)C(NC(=O)CNC(=O)C(O)C(N)CC1CC1)c1ccccc1. The van der Waals surface area contributed by atoms with Crippen molar-refractivity contribution in [3.05, 3.63) is 35.9 Å². The third kappa shape index (κ3) is 6.33. The van der Waals surface area contributed by atoms with E-state index in [1.54, 1.807) is 38.4 Å². The minimum absolute atomic E-state index is 0.285. The van der Waals surface area contributed by atoms with Crippen LogP contribution in [0, 0.1) is 5.92 Å². The summed E-state index contributed by atoms with van der Waals surface area (Å²) in [5.74, 6) is -1.02. The molecule has 27 heavy (non-hydrogen) atoms. The molecular formula is C19H28N4O4. The number of carbonyl (C=O) groups excluding carboxylic acids is 3. The molecule has 1 aromatic rings. The van der Waals surface area contributed by atoms with Crippen LogP contribution in [-0.4, -0.2) is 60.5 Å². The van der Waals surface area contributed by atoms with E-state index in [0.29, 0.717) is 17.9 Å². The Morgan fingerprint density at radius 3 is 2.41 bits per heavy atom. The highest BCUT2D eigenvalue weighted by atomic mass is 16.3. The summed E-state index contributed by atoms with van der Waals surface area (Å²) in [5.41, 5.74) is 6.47. The van der Waals surface area contributed by atoms with E-state index in [9.17, 15) is 19.5 Å². The van der Waals surface area contributed by atoms with Gasteiger partial charge in [-0.05, 0) is 17.9 Å². The lowest BCUT2D eigenvalue weighted by molar-refractivity contribution is -0.135. The quantitative estimate of drug-likeness (QED) is 0.464. The lowest BCUT2D eigenvalue weighted by Gasteiger charge is -2.22. The second-order valence-electron chi connectivity index (χ2n) is 7.15. The number of carbonyl (C=O) groups is 3. The maximum Gasteiger partial charge on any atom is 0.250 e. The van der Waals surface area contributed by atoms with Crippen molar-refractivity contribution in [2.24, 2.45) is 11.7 Å². The van der Waals surface area contributed by atoms with Crippen molar-refractivity contribution in [1.29, 1.82) is 0 Å². The van der Waals surface area contributed by atoms with Crippen LogP contribution in [0.2, 0.25) is 0 Å². The van der Waals surface area contributed by atoms with E-state index in [0.717, 1.165) is 12.8 Å². The molecule has 0 heterocycles. The van der Waals surface area contributed by atoms with Gasteiger partial charge in [-0.3, -0.25) is 14.4 Å². The van der Waals surface area contributed by atoms with E-state index < -0.39 is 30.0 Å². The molecule has 3 unspecified atom stereocenters. The number of benzene rings is 1. The zero-order chi connectivity index (χ0) is 20.0. The van der Waals surface area contributed by atoms with Gasteiger partial charge in [0.15, 0.2) is 0 Å². The largest absolute Gasteiger partial charge is 0.382 e. The third-order valence-electron chi connectivity index (χ3n) is 4.53. The molecule has 0 aromatic heterocycles. The van der Waals surface area contributed by atoms with Gasteiger partial charge in [-0.2, -0.15) is 0 Å². The predicted molar refractivity (Wildman–Crippen MR) is 100 cm³/mol. The summed E-state index contributed by atoms with van der Waals surface area (Å²) in [4.78, 5) is 38.0. The summed E-state index contributed by atoms with van der Waals surface area (Å²) in [6.07, 6.45) is 1.39. The van der Waals surface area contributed by atoms with Crippen LogP contribution in [0.3, 0.4) is 0 Å². The molecule has 0 aliphatic heterocycles. The van der Waals surface area contributed by atoms with Crippen molar-refractivity contribution in [2.45, 2.75) is 37.5 Å². The first-order valence-electron chi connectivity index (χ1n) is 9.06. The molecule has 1 fully saturated rings. The molecule has 3 amide bonds. The number of hydrogen-bond acceptors (Lipinski definition) is 5. The van der Waals surface area contributed by atoms with Crippen LogP contribution >= 0.6 is 0 Å². The fourth-order valence-corrected chi connectivity index (χ4v) is 2.74. The Morgan fingerprint density at radius 2 is 1.85 bits per heavy atom. The van der Waals surface area contributed by atoms with Crippen molar-refractivity contribution in [1.82, 2.24) is 15.5 Å². The maximum absolute atomic E-state index is 12.4. The van der Waals surface area contributed by atoms with E-state index >= 15 is 0 Å². The molecule has 8 nitrogen and oxygen atoms in total. The van der Waals surface area contributed by atoms with E-state index in [-0.39, 0.29) is 12.5 Å². The first-order chi connectivity index (χ1) is 12.8. The predicted octanol–water partition coefficient (Wildman–Crippen LogP) is -0.463. The summed E-state index contributed by atoms with van der Waals surface area (Å²) < 4.78 is 0. The van der Waals surface area contributed by atoms with Gasteiger partial charge in [-0.25, -0.2) is 0 Å². The molecule has 1 saturated carbocycles. The lowest BCUT2D eigenvalue weighted by atomic mass is 10.0. The molecule has 5 N–H and O–H groups in total. The Bertz CT molecular complexity index is 661. The minimum Gasteiger partial charge on any atom is -0.382 e. The van der Waals surface area contributed by atoms with Crippen LogP contribution in [0.1, 0.15) is 30.9 Å². The van der Waals surface area contributed by atoms with Crippen molar-refractivity contribution in [3.63, 3.8) is 0 Å². The van der Waals surface area contributed by atoms with E-state index in [4.69, 9.17) is 5.73 Å². The minimum atomic E-state index is -1.35. The second-order valence-corrected chi connectivity index (χ2v) is 7.15. The average Bonchev–Trinajstić information content (AvgIpc) is 3.47. The number of likely N-dealkylation sites (N-methyl/N-ethyl adjacent to an activating group) is 1. The van der Waals surface area contributed by atoms with Gasteiger partial charge in [0.1, 0.15) is 12.1 Å². The number of nitrogens with zero attached hydrogens (tertiary/aromatic N) is 1. The van der Waals surface area contributed by atoms with E-state index in [2.05, 4.69) is 10.6 Å². The standard InChI is InChI=1S/C19H28N4O4/c1-23(2)19(27)16(13-6-4-3-5-7-13)22-15(24)11-21-18(26)17(25)14(20)10-12-8-9-12/h3-7,12,14,16-17,25H,8-11,20H2,1-2H3,(H,21,26)(H,22,24). The molecule has 2 rings (SSSR count). The van der Waals surface area contributed by atoms with Crippen LogP contribution in [-0.2, 0) is 14.4 Å². The number of aliphatic hydroxyl groups excluding tert-OH is 1. The fraction of sp³-hybridized carbons (Fsp3) is 0.526. The molecule has 0 saturated heterocycles. The molecule has 3 atom stereocenters. The van der Waals surface area contributed by atoms with Crippen LogP contribution in [0.25, 0.3) is 0 Å². The number of hydrogen-bond donors (Lipinski definition) is 4. The summed E-state index contributed by atoms with van der Waals surface area (Å²) in [7, 11) is 3.20. The number of aliphatic hydroxyl groups is 1. The first-order valence-corrected chi connectivity index (χ1v) is 9.06. The molecule has 0 bridgehead atoms. The third-order valence-corrected chi connectivity index (χ3v) is 4.53. The average molecular weight is 376 g/mol. The Hall–Kier alpha value is -2.45. The zero-order valence-corrected chi connectivity index (χ0v) is 15.7.